The summed E-state index contributed by atoms with van der Waals surface area (Å²) in [6.07, 6.45) is 49.1. The van der Waals surface area contributed by atoms with E-state index in [0.717, 1.165) is 51.4 Å². The van der Waals surface area contributed by atoms with E-state index in [1.807, 2.05) is 0 Å². The van der Waals surface area contributed by atoms with Crippen molar-refractivity contribution in [1.29, 1.82) is 0 Å². The maximum absolute atomic E-state index is 12.5. The van der Waals surface area contributed by atoms with Crippen LogP contribution in [0.3, 0.4) is 0 Å². The molecule has 306 valence electrons. The first-order valence-electron chi connectivity index (χ1n) is 22.9. The molecule has 0 rings (SSSR count). The van der Waals surface area contributed by atoms with Gasteiger partial charge in [-0.15, -0.1) is 0 Å². The third kappa shape index (κ3) is 41.1. The minimum Gasteiger partial charge on any atom is -0.462 e. The third-order valence-corrected chi connectivity index (χ3v) is 9.99. The predicted octanol–water partition coefficient (Wildman–Crippen LogP) is 14.9. The molecule has 0 bridgehead atoms. The van der Waals surface area contributed by atoms with Crippen LogP contribution in [0.5, 0.6) is 0 Å². The zero-order chi connectivity index (χ0) is 37.8. The van der Waals surface area contributed by atoms with Gasteiger partial charge >= 0.3 is 11.9 Å². The lowest BCUT2D eigenvalue weighted by atomic mass is 10.0. The van der Waals surface area contributed by atoms with Gasteiger partial charge in [-0.05, 0) is 51.4 Å². The molecule has 0 heterocycles. The van der Waals surface area contributed by atoms with Crippen molar-refractivity contribution in [2.75, 3.05) is 19.8 Å². The van der Waals surface area contributed by atoms with Crippen LogP contribution < -0.4 is 0 Å². The smallest absolute Gasteiger partial charge is 0.306 e. The van der Waals surface area contributed by atoms with Crippen LogP contribution in [0.2, 0.25) is 0 Å². The summed E-state index contributed by atoms with van der Waals surface area (Å²) >= 11 is 0. The first-order valence-corrected chi connectivity index (χ1v) is 22.9. The molecule has 1 unspecified atom stereocenters. The lowest BCUT2D eigenvalue weighted by molar-refractivity contribution is -0.163. The molecule has 52 heavy (non-hydrogen) atoms. The summed E-state index contributed by atoms with van der Waals surface area (Å²) in [6, 6.07) is 0. The van der Waals surface area contributed by atoms with Crippen molar-refractivity contribution in [3.05, 3.63) is 24.3 Å². The van der Waals surface area contributed by atoms with Crippen molar-refractivity contribution < 1.29 is 23.8 Å². The fourth-order valence-electron chi connectivity index (χ4n) is 6.54. The standard InChI is InChI=1S/C47H88O5/c1-4-7-10-13-15-17-19-21-22-23-24-25-27-29-31-33-36-39-42-50-43-45(52-47(49)41-38-34-12-9-6-3)44-51-46(48)40-37-35-32-30-28-26-20-18-16-14-11-8-5-2/h15,17,21-22,45H,4-14,16,18-20,23-44H2,1-3H3/b17-15-,22-21-. The van der Waals surface area contributed by atoms with Crippen LogP contribution >= 0.6 is 0 Å². The molecule has 0 fully saturated rings. The van der Waals surface area contributed by atoms with Gasteiger partial charge < -0.3 is 14.2 Å². The molecule has 0 aromatic heterocycles. The highest BCUT2D eigenvalue weighted by molar-refractivity contribution is 5.70. The Labute approximate surface area is 324 Å². The molecule has 0 spiro atoms. The molecule has 0 N–H and O–H groups in total. The molecule has 0 saturated carbocycles. The van der Waals surface area contributed by atoms with Crippen molar-refractivity contribution in [3.63, 3.8) is 0 Å². The zero-order valence-electron chi connectivity index (χ0n) is 35.1. The summed E-state index contributed by atoms with van der Waals surface area (Å²) in [6.45, 7) is 7.75. The maximum atomic E-state index is 12.5. The molecule has 0 aromatic rings. The van der Waals surface area contributed by atoms with Crippen LogP contribution in [0.15, 0.2) is 24.3 Å². The lowest BCUT2D eigenvalue weighted by Gasteiger charge is -2.18. The van der Waals surface area contributed by atoms with Crippen LogP contribution in [0, 0.1) is 0 Å². The van der Waals surface area contributed by atoms with E-state index in [-0.39, 0.29) is 25.2 Å². The van der Waals surface area contributed by atoms with E-state index >= 15 is 0 Å². The summed E-state index contributed by atoms with van der Waals surface area (Å²) in [7, 11) is 0. The van der Waals surface area contributed by atoms with Gasteiger partial charge in [0.15, 0.2) is 6.10 Å². The Morgan fingerprint density at radius 1 is 0.423 bits per heavy atom. The summed E-state index contributed by atoms with van der Waals surface area (Å²) in [5, 5.41) is 0. The molecule has 0 aliphatic heterocycles. The monoisotopic (exact) mass is 733 g/mol. The summed E-state index contributed by atoms with van der Waals surface area (Å²) in [5.74, 6) is -0.403. The highest BCUT2D eigenvalue weighted by Crippen LogP contribution is 2.14. The van der Waals surface area contributed by atoms with Gasteiger partial charge in [0.05, 0.1) is 6.61 Å². The fraction of sp³-hybridized carbons (Fsp3) is 0.872. The Morgan fingerprint density at radius 3 is 1.31 bits per heavy atom. The molecule has 5 nitrogen and oxygen atoms in total. The van der Waals surface area contributed by atoms with E-state index in [4.69, 9.17) is 14.2 Å². The minimum absolute atomic E-state index is 0.0881. The van der Waals surface area contributed by atoms with Crippen LogP contribution in [0.25, 0.3) is 0 Å². The van der Waals surface area contributed by atoms with E-state index in [1.165, 1.54) is 154 Å². The Kier molecular flexibility index (Phi) is 42.4. The quantitative estimate of drug-likeness (QED) is 0.0355. The Bertz CT molecular complexity index is 791. The number of carbonyl (C=O) groups is 2. The summed E-state index contributed by atoms with van der Waals surface area (Å²) in [4.78, 5) is 25.0. The molecule has 1 atom stereocenters. The van der Waals surface area contributed by atoms with Crippen molar-refractivity contribution in [3.8, 4) is 0 Å². The van der Waals surface area contributed by atoms with Gasteiger partial charge in [-0.25, -0.2) is 0 Å². The molecular weight excluding hydrogens is 645 g/mol. The normalized spacial score (nSPS) is 12.3. The Balaban J connectivity index is 4.03. The SMILES string of the molecule is CCCCC/C=C\C/C=C\CCCCCCCCCCOCC(COC(=O)CCCCCCCCCCCCCCC)OC(=O)CCCCCCC. The topological polar surface area (TPSA) is 61.8 Å². The van der Waals surface area contributed by atoms with Crippen molar-refractivity contribution in [2.45, 2.75) is 245 Å². The van der Waals surface area contributed by atoms with E-state index < -0.39 is 6.10 Å². The van der Waals surface area contributed by atoms with Gasteiger partial charge in [0.25, 0.3) is 0 Å². The van der Waals surface area contributed by atoms with Crippen LogP contribution in [0.4, 0.5) is 0 Å². The van der Waals surface area contributed by atoms with Crippen molar-refractivity contribution in [2.24, 2.45) is 0 Å². The minimum atomic E-state index is -0.527. The highest BCUT2D eigenvalue weighted by atomic mass is 16.6. The summed E-state index contributed by atoms with van der Waals surface area (Å²) < 4.78 is 17.2. The zero-order valence-corrected chi connectivity index (χ0v) is 35.1. The van der Waals surface area contributed by atoms with E-state index in [0.29, 0.717) is 19.4 Å². The molecule has 0 amide bonds. The number of hydrogen-bond donors (Lipinski definition) is 0. The van der Waals surface area contributed by atoms with Crippen molar-refractivity contribution in [1.82, 2.24) is 0 Å². The molecule has 0 saturated heterocycles. The predicted molar refractivity (Wildman–Crippen MR) is 224 cm³/mol. The first kappa shape index (κ1) is 50.4. The number of ether oxygens (including phenoxy) is 3. The van der Waals surface area contributed by atoms with Gasteiger partial charge in [0.1, 0.15) is 6.61 Å². The molecule has 0 aliphatic carbocycles. The average Bonchev–Trinajstić information content (AvgIpc) is 3.14. The number of allylic oxidation sites excluding steroid dienone is 4. The van der Waals surface area contributed by atoms with Crippen molar-refractivity contribution >= 4 is 11.9 Å². The van der Waals surface area contributed by atoms with Gasteiger partial charge in [-0.1, -0.05) is 199 Å². The molecule has 0 radical (unpaired) electrons. The third-order valence-electron chi connectivity index (χ3n) is 9.99. The molecule has 0 aliphatic rings. The first-order chi connectivity index (χ1) is 25.6. The van der Waals surface area contributed by atoms with Gasteiger partial charge in [0.2, 0.25) is 0 Å². The number of hydrogen-bond acceptors (Lipinski definition) is 5. The largest absolute Gasteiger partial charge is 0.462 e. The fourth-order valence-corrected chi connectivity index (χ4v) is 6.54. The number of carbonyl (C=O) groups excluding carboxylic acids is 2. The highest BCUT2D eigenvalue weighted by Gasteiger charge is 2.17. The van der Waals surface area contributed by atoms with E-state index in [9.17, 15) is 9.59 Å². The van der Waals surface area contributed by atoms with Crippen LogP contribution in [-0.2, 0) is 23.8 Å². The number of unbranched alkanes of at least 4 members (excludes halogenated alkanes) is 27. The number of esters is 2. The van der Waals surface area contributed by atoms with Gasteiger partial charge in [-0.3, -0.25) is 9.59 Å². The molecule has 0 aromatic carbocycles. The second-order valence-corrected chi connectivity index (χ2v) is 15.3. The lowest BCUT2D eigenvalue weighted by Crippen LogP contribution is -2.30. The van der Waals surface area contributed by atoms with E-state index in [2.05, 4.69) is 45.1 Å². The maximum Gasteiger partial charge on any atom is 0.306 e. The van der Waals surface area contributed by atoms with Crippen LogP contribution in [-0.4, -0.2) is 37.9 Å². The Morgan fingerprint density at radius 2 is 0.808 bits per heavy atom. The molecule has 5 heteroatoms. The molecular formula is C47H88O5. The second-order valence-electron chi connectivity index (χ2n) is 15.3. The number of rotatable bonds is 42. The summed E-state index contributed by atoms with van der Waals surface area (Å²) in [5.41, 5.74) is 0. The van der Waals surface area contributed by atoms with Crippen LogP contribution in [0.1, 0.15) is 239 Å². The second kappa shape index (κ2) is 43.8. The van der Waals surface area contributed by atoms with E-state index in [1.54, 1.807) is 0 Å². The van der Waals surface area contributed by atoms with Gasteiger partial charge in [0, 0.05) is 19.4 Å². The average molecular weight is 733 g/mol. The Hall–Kier alpha value is -1.62. The van der Waals surface area contributed by atoms with Gasteiger partial charge in [-0.2, -0.15) is 0 Å².